The second-order valence-corrected chi connectivity index (χ2v) is 7.19. The molecule has 1 fully saturated rings. The van der Waals surface area contributed by atoms with E-state index < -0.39 is 0 Å². The summed E-state index contributed by atoms with van der Waals surface area (Å²) in [7, 11) is 0. The van der Waals surface area contributed by atoms with Crippen molar-refractivity contribution in [1.29, 1.82) is 0 Å². The SMILES string of the molecule is O=C(CCN1C(=O)[C@H]2CC=CC[C@H]2C1=O)NCCCc1ccccc1Cl. The molecule has 2 atom stereocenters. The van der Waals surface area contributed by atoms with Gasteiger partial charge in [0.25, 0.3) is 0 Å². The zero-order valence-corrected chi connectivity index (χ0v) is 15.4. The topological polar surface area (TPSA) is 66.5 Å². The molecule has 3 amide bonds. The average Bonchev–Trinajstić information content (AvgIpc) is 2.89. The first-order valence-electron chi connectivity index (χ1n) is 9.08. The molecular formula is C20H23ClN2O3. The fourth-order valence-corrected chi connectivity index (χ4v) is 3.83. The number of allylic oxidation sites excluding steroid dienone is 2. The van der Waals surface area contributed by atoms with Gasteiger partial charge in [-0.25, -0.2) is 0 Å². The number of hydrogen-bond donors (Lipinski definition) is 1. The van der Waals surface area contributed by atoms with Gasteiger partial charge in [0.2, 0.25) is 17.7 Å². The third kappa shape index (κ3) is 4.15. The molecule has 0 aromatic heterocycles. The standard InChI is InChI=1S/C20H23ClN2O3/c21-17-10-4-1-6-14(17)7-5-12-22-18(24)11-13-23-19(25)15-8-2-3-9-16(15)20(23)26/h1-4,6,10,15-16H,5,7-9,11-13H2,(H,22,24)/t15-,16+. The first kappa shape index (κ1) is 18.6. The monoisotopic (exact) mass is 374 g/mol. The minimum atomic E-state index is -0.230. The summed E-state index contributed by atoms with van der Waals surface area (Å²) in [5.74, 6) is -0.859. The number of amides is 3. The Bertz CT molecular complexity index is 706. The number of nitrogens with zero attached hydrogens (tertiary/aromatic N) is 1. The van der Waals surface area contributed by atoms with Crippen LogP contribution in [0.3, 0.4) is 0 Å². The maximum atomic E-state index is 12.3. The highest BCUT2D eigenvalue weighted by Gasteiger charge is 2.46. The fraction of sp³-hybridized carbons (Fsp3) is 0.450. The Hall–Kier alpha value is -2.14. The van der Waals surface area contributed by atoms with E-state index in [-0.39, 0.29) is 42.5 Å². The Kier molecular flexibility index (Phi) is 6.09. The first-order chi connectivity index (χ1) is 12.6. The molecule has 1 aromatic rings. The molecule has 0 spiro atoms. The van der Waals surface area contributed by atoms with Gasteiger partial charge in [-0.2, -0.15) is 0 Å². The fourth-order valence-electron chi connectivity index (χ4n) is 3.60. The molecule has 1 aromatic carbocycles. The van der Waals surface area contributed by atoms with Crippen molar-refractivity contribution < 1.29 is 14.4 Å². The lowest BCUT2D eigenvalue weighted by Gasteiger charge is -2.14. The summed E-state index contributed by atoms with van der Waals surface area (Å²) in [5.41, 5.74) is 1.06. The quantitative estimate of drug-likeness (QED) is 0.453. The Morgan fingerprint density at radius 3 is 2.42 bits per heavy atom. The van der Waals surface area contributed by atoms with Crippen molar-refractivity contribution in [1.82, 2.24) is 10.2 Å². The lowest BCUT2D eigenvalue weighted by molar-refractivity contribution is -0.140. The third-order valence-corrected chi connectivity index (χ3v) is 5.43. The van der Waals surface area contributed by atoms with Gasteiger partial charge in [0, 0.05) is 24.5 Å². The summed E-state index contributed by atoms with van der Waals surface area (Å²) in [6.45, 7) is 0.710. The van der Waals surface area contributed by atoms with Crippen LogP contribution in [0.5, 0.6) is 0 Å². The van der Waals surface area contributed by atoms with Crippen LogP contribution in [-0.4, -0.2) is 35.7 Å². The summed E-state index contributed by atoms with van der Waals surface area (Å²) in [4.78, 5) is 38.0. The Labute approximate surface area is 158 Å². The molecule has 6 heteroatoms. The molecule has 2 aliphatic rings. The highest BCUT2D eigenvalue weighted by atomic mass is 35.5. The van der Waals surface area contributed by atoms with Crippen LogP contribution in [0.25, 0.3) is 0 Å². The van der Waals surface area contributed by atoms with Crippen molar-refractivity contribution in [2.75, 3.05) is 13.1 Å². The number of carbonyl (C=O) groups excluding carboxylic acids is 3. The zero-order chi connectivity index (χ0) is 18.5. The van der Waals surface area contributed by atoms with Crippen molar-refractivity contribution in [3.63, 3.8) is 0 Å². The van der Waals surface area contributed by atoms with Gasteiger partial charge in [0.15, 0.2) is 0 Å². The smallest absolute Gasteiger partial charge is 0.233 e. The van der Waals surface area contributed by atoms with E-state index in [4.69, 9.17) is 11.6 Å². The van der Waals surface area contributed by atoms with Gasteiger partial charge in [0.05, 0.1) is 11.8 Å². The van der Waals surface area contributed by atoms with Gasteiger partial charge < -0.3 is 5.32 Å². The number of carbonyl (C=O) groups is 3. The Morgan fingerprint density at radius 2 is 1.77 bits per heavy atom. The van der Waals surface area contributed by atoms with Gasteiger partial charge in [-0.3, -0.25) is 19.3 Å². The second kappa shape index (κ2) is 8.49. The summed E-state index contributed by atoms with van der Waals surface area (Å²) < 4.78 is 0. The van der Waals surface area contributed by atoms with Gasteiger partial charge >= 0.3 is 0 Å². The van der Waals surface area contributed by atoms with E-state index in [0.29, 0.717) is 19.4 Å². The first-order valence-corrected chi connectivity index (χ1v) is 9.46. The van der Waals surface area contributed by atoms with Gasteiger partial charge in [-0.05, 0) is 37.3 Å². The number of fused-ring (bicyclic) bond motifs is 1. The van der Waals surface area contributed by atoms with Crippen LogP contribution in [0.15, 0.2) is 36.4 Å². The number of nitrogens with one attached hydrogen (secondary N) is 1. The predicted molar refractivity (Wildman–Crippen MR) is 99.5 cm³/mol. The lowest BCUT2D eigenvalue weighted by atomic mass is 9.85. The zero-order valence-electron chi connectivity index (χ0n) is 14.6. The average molecular weight is 375 g/mol. The van der Waals surface area contributed by atoms with E-state index in [0.717, 1.165) is 23.4 Å². The molecule has 5 nitrogen and oxygen atoms in total. The third-order valence-electron chi connectivity index (χ3n) is 5.06. The molecular weight excluding hydrogens is 352 g/mol. The number of imide groups is 1. The Morgan fingerprint density at radius 1 is 1.12 bits per heavy atom. The molecule has 138 valence electrons. The van der Waals surface area contributed by atoms with Crippen LogP contribution in [0.4, 0.5) is 0 Å². The molecule has 0 saturated carbocycles. The predicted octanol–water partition coefficient (Wildman–Crippen LogP) is 2.73. The maximum Gasteiger partial charge on any atom is 0.233 e. The number of likely N-dealkylation sites (tertiary alicyclic amines) is 1. The van der Waals surface area contributed by atoms with Crippen LogP contribution in [-0.2, 0) is 20.8 Å². The molecule has 0 radical (unpaired) electrons. The molecule has 1 N–H and O–H groups in total. The lowest BCUT2D eigenvalue weighted by Crippen LogP contribution is -2.35. The molecule has 1 saturated heterocycles. The van der Waals surface area contributed by atoms with Crippen LogP contribution >= 0.6 is 11.6 Å². The van der Waals surface area contributed by atoms with Crippen LogP contribution in [0.1, 0.15) is 31.2 Å². The minimum Gasteiger partial charge on any atom is -0.356 e. The molecule has 1 heterocycles. The van der Waals surface area contributed by atoms with Crippen LogP contribution in [0, 0.1) is 11.8 Å². The maximum absolute atomic E-state index is 12.3. The van der Waals surface area contributed by atoms with Gasteiger partial charge in [0.1, 0.15) is 0 Å². The summed E-state index contributed by atoms with van der Waals surface area (Å²) in [6.07, 6.45) is 6.89. The summed E-state index contributed by atoms with van der Waals surface area (Å²) in [6, 6.07) is 7.66. The van der Waals surface area contributed by atoms with E-state index in [2.05, 4.69) is 5.32 Å². The van der Waals surface area contributed by atoms with Gasteiger partial charge in [-0.1, -0.05) is 42.0 Å². The number of aryl methyl sites for hydroxylation is 1. The largest absolute Gasteiger partial charge is 0.356 e. The second-order valence-electron chi connectivity index (χ2n) is 6.78. The highest BCUT2D eigenvalue weighted by molar-refractivity contribution is 6.31. The molecule has 0 bridgehead atoms. The molecule has 26 heavy (non-hydrogen) atoms. The van der Waals surface area contributed by atoms with E-state index in [1.165, 1.54) is 4.90 Å². The van der Waals surface area contributed by atoms with Crippen LogP contribution < -0.4 is 5.32 Å². The van der Waals surface area contributed by atoms with E-state index >= 15 is 0 Å². The van der Waals surface area contributed by atoms with E-state index in [1.54, 1.807) is 0 Å². The Balaban J connectivity index is 1.38. The summed E-state index contributed by atoms with van der Waals surface area (Å²) >= 11 is 6.11. The van der Waals surface area contributed by atoms with E-state index in [9.17, 15) is 14.4 Å². The van der Waals surface area contributed by atoms with Crippen molar-refractivity contribution in [2.45, 2.75) is 32.1 Å². The van der Waals surface area contributed by atoms with Crippen molar-refractivity contribution in [2.24, 2.45) is 11.8 Å². The highest BCUT2D eigenvalue weighted by Crippen LogP contribution is 2.34. The van der Waals surface area contributed by atoms with E-state index in [1.807, 2.05) is 36.4 Å². The molecule has 1 aliphatic carbocycles. The molecule has 0 unspecified atom stereocenters. The van der Waals surface area contributed by atoms with Crippen molar-refractivity contribution >= 4 is 29.3 Å². The van der Waals surface area contributed by atoms with Crippen LogP contribution in [0.2, 0.25) is 5.02 Å². The summed E-state index contributed by atoms with van der Waals surface area (Å²) in [5, 5.41) is 3.58. The minimum absolute atomic E-state index is 0.129. The normalized spacial score (nSPS) is 21.8. The molecule has 1 aliphatic heterocycles. The van der Waals surface area contributed by atoms with Crippen molar-refractivity contribution in [3.05, 3.63) is 47.0 Å². The number of rotatable bonds is 7. The molecule has 3 rings (SSSR count). The number of benzene rings is 1. The van der Waals surface area contributed by atoms with Crippen molar-refractivity contribution in [3.8, 4) is 0 Å². The van der Waals surface area contributed by atoms with Gasteiger partial charge in [-0.15, -0.1) is 0 Å². The number of hydrogen-bond acceptors (Lipinski definition) is 3. The number of halogens is 1.